The van der Waals surface area contributed by atoms with Crippen LogP contribution in [0.4, 0.5) is 4.39 Å². The summed E-state index contributed by atoms with van der Waals surface area (Å²) in [5.41, 5.74) is 0.338. The molecule has 130 valence electrons. The lowest BCUT2D eigenvalue weighted by molar-refractivity contribution is -0.118. The Balaban J connectivity index is 2.35. The average molecular weight is 354 g/mol. The van der Waals surface area contributed by atoms with Crippen molar-refractivity contribution in [2.24, 2.45) is 0 Å². The first kappa shape index (κ1) is 19.0. The van der Waals surface area contributed by atoms with Gasteiger partial charge in [0.1, 0.15) is 5.82 Å². The first-order chi connectivity index (χ1) is 11.0. The number of hydrogen-bond acceptors (Lipinski definition) is 3. The van der Waals surface area contributed by atoms with Gasteiger partial charge in [-0.1, -0.05) is 23.7 Å². The molecule has 2 rings (SSSR count). The zero-order valence-corrected chi connectivity index (χ0v) is 15.3. The molecular weight excluding hydrogens is 331 g/mol. The SMILES string of the molecule is CC(=O)NCC(=Cc1ccc(F)cc1Cl)B1OC(C)(C)C(C)(C)O1. The molecule has 0 bridgehead atoms. The summed E-state index contributed by atoms with van der Waals surface area (Å²) in [4.78, 5) is 11.3. The van der Waals surface area contributed by atoms with E-state index >= 15 is 0 Å². The van der Waals surface area contributed by atoms with Crippen LogP contribution in [0.25, 0.3) is 6.08 Å². The molecule has 1 fully saturated rings. The van der Waals surface area contributed by atoms with Crippen molar-refractivity contribution in [3.63, 3.8) is 0 Å². The summed E-state index contributed by atoms with van der Waals surface area (Å²) in [7, 11) is -0.622. The maximum Gasteiger partial charge on any atom is 0.492 e. The number of hydrogen-bond donors (Lipinski definition) is 1. The van der Waals surface area contributed by atoms with Crippen molar-refractivity contribution in [1.29, 1.82) is 0 Å². The van der Waals surface area contributed by atoms with Gasteiger partial charge in [-0.2, -0.15) is 0 Å². The molecule has 0 aliphatic carbocycles. The molecular formula is C17H22BClFNO3. The Morgan fingerprint density at radius 2 is 1.88 bits per heavy atom. The fourth-order valence-corrected chi connectivity index (χ4v) is 2.46. The minimum atomic E-state index is -0.622. The summed E-state index contributed by atoms with van der Waals surface area (Å²) in [5.74, 6) is -0.571. The fraction of sp³-hybridized carbons (Fsp3) is 0.471. The van der Waals surface area contributed by atoms with Crippen molar-refractivity contribution in [3.05, 3.63) is 40.1 Å². The van der Waals surface area contributed by atoms with Crippen molar-refractivity contribution < 1.29 is 18.5 Å². The second kappa shape index (κ2) is 6.86. The van der Waals surface area contributed by atoms with Gasteiger partial charge < -0.3 is 14.6 Å². The summed E-state index contributed by atoms with van der Waals surface area (Å²) in [6.07, 6.45) is 1.76. The van der Waals surface area contributed by atoms with E-state index in [0.717, 1.165) is 0 Å². The van der Waals surface area contributed by atoms with Crippen molar-refractivity contribution in [2.75, 3.05) is 6.54 Å². The van der Waals surface area contributed by atoms with Gasteiger partial charge in [0.25, 0.3) is 0 Å². The average Bonchev–Trinajstić information content (AvgIpc) is 2.65. The highest BCUT2D eigenvalue weighted by Gasteiger charge is 2.52. The molecule has 1 amide bonds. The molecule has 4 nitrogen and oxygen atoms in total. The van der Waals surface area contributed by atoms with Gasteiger partial charge in [-0.15, -0.1) is 0 Å². The van der Waals surface area contributed by atoms with Gasteiger partial charge in [-0.25, -0.2) is 4.39 Å². The maximum atomic E-state index is 13.2. The molecule has 1 saturated heterocycles. The minimum absolute atomic E-state index is 0.164. The van der Waals surface area contributed by atoms with Gasteiger partial charge in [-0.3, -0.25) is 4.79 Å². The zero-order valence-electron chi connectivity index (χ0n) is 14.6. The third-order valence-corrected chi connectivity index (χ3v) is 4.73. The Hall–Kier alpha value is -1.37. The molecule has 0 spiro atoms. The molecule has 0 radical (unpaired) electrons. The number of amides is 1. The van der Waals surface area contributed by atoms with Gasteiger partial charge in [-0.05, 0) is 50.9 Å². The molecule has 7 heteroatoms. The molecule has 1 aliphatic heterocycles. The highest BCUT2D eigenvalue weighted by molar-refractivity contribution is 6.56. The van der Waals surface area contributed by atoms with E-state index < -0.39 is 24.1 Å². The van der Waals surface area contributed by atoms with Gasteiger partial charge in [0.05, 0.1) is 16.2 Å². The minimum Gasteiger partial charge on any atom is -0.400 e. The predicted molar refractivity (Wildman–Crippen MR) is 94.2 cm³/mol. The van der Waals surface area contributed by atoms with Gasteiger partial charge >= 0.3 is 7.12 Å². The Bertz CT molecular complexity index is 660. The van der Waals surface area contributed by atoms with Crippen LogP contribution < -0.4 is 5.32 Å². The highest BCUT2D eigenvalue weighted by atomic mass is 35.5. The second-order valence-corrected chi connectivity index (χ2v) is 7.29. The summed E-state index contributed by atoms with van der Waals surface area (Å²) in [5, 5.41) is 3.03. The topological polar surface area (TPSA) is 47.6 Å². The van der Waals surface area contributed by atoms with Gasteiger partial charge in [0.15, 0.2) is 0 Å². The lowest BCUT2D eigenvalue weighted by Gasteiger charge is -2.32. The molecule has 24 heavy (non-hydrogen) atoms. The standard InChI is InChI=1S/C17H22BClFNO3/c1-11(22)21-10-13(8-12-6-7-14(20)9-15(12)19)18-23-16(2,3)17(4,5)24-18/h6-9H,10H2,1-5H3,(H,21,22). The molecule has 1 aromatic rings. The number of rotatable bonds is 4. The molecule has 1 aromatic carbocycles. The van der Waals surface area contributed by atoms with E-state index in [1.807, 2.05) is 27.7 Å². The first-order valence-corrected chi connectivity index (χ1v) is 8.15. The van der Waals surface area contributed by atoms with Gasteiger partial charge in [0, 0.05) is 13.5 Å². The lowest BCUT2D eigenvalue weighted by atomic mass is 9.77. The highest BCUT2D eigenvalue weighted by Crippen LogP contribution is 2.39. The van der Waals surface area contributed by atoms with Crippen LogP contribution in [0.5, 0.6) is 0 Å². The fourth-order valence-electron chi connectivity index (χ4n) is 2.24. The third kappa shape index (κ3) is 4.18. The van der Waals surface area contributed by atoms with E-state index in [0.29, 0.717) is 11.0 Å². The summed E-state index contributed by atoms with van der Waals surface area (Å²) in [6, 6.07) is 4.16. The molecule has 1 aliphatic rings. The second-order valence-electron chi connectivity index (χ2n) is 6.88. The largest absolute Gasteiger partial charge is 0.492 e. The third-order valence-electron chi connectivity index (χ3n) is 4.40. The van der Waals surface area contributed by atoms with Crippen molar-refractivity contribution in [1.82, 2.24) is 5.32 Å². The Morgan fingerprint density at radius 3 is 2.38 bits per heavy atom. The lowest BCUT2D eigenvalue weighted by Crippen LogP contribution is -2.41. The van der Waals surface area contributed by atoms with Crippen LogP contribution in [0.1, 0.15) is 40.2 Å². The quantitative estimate of drug-likeness (QED) is 0.841. The molecule has 0 unspecified atom stereocenters. The van der Waals surface area contributed by atoms with E-state index in [1.54, 1.807) is 12.1 Å². The van der Waals surface area contributed by atoms with Crippen molar-refractivity contribution >= 4 is 30.7 Å². The van der Waals surface area contributed by atoms with E-state index in [1.165, 1.54) is 19.1 Å². The molecule has 1 heterocycles. The predicted octanol–water partition coefficient (Wildman–Crippen LogP) is 3.63. The number of halogens is 2. The van der Waals surface area contributed by atoms with Crippen molar-refractivity contribution in [3.8, 4) is 0 Å². The Morgan fingerprint density at radius 1 is 1.29 bits per heavy atom. The van der Waals surface area contributed by atoms with Crippen LogP contribution in [0.3, 0.4) is 0 Å². The van der Waals surface area contributed by atoms with Crippen LogP contribution >= 0.6 is 11.6 Å². The zero-order chi connectivity index (χ0) is 18.1. The maximum absolute atomic E-state index is 13.2. The van der Waals surface area contributed by atoms with Gasteiger partial charge in [0.2, 0.25) is 5.91 Å². The van der Waals surface area contributed by atoms with E-state index in [4.69, 9.17) is 20.9 Å². The number of nitrogens with one attached hydrogen (secondary N) is 1. The first-order valence-electron chi connectivity index (χ1n) is 7.77. The molecule has 0 atom stereocenters. The monoisotopic (exact) mass is 353 g/mol. The number of benzene rings is 1. The smallest absolute Gasteiger partial charge is 0.400 e. The van der Waals surface area contributed by atoms with E-state index in [2.05, 4.69) is 5.32 Å². The van der Waals surface area contributed by atoms with E-state index in [9.17, 15) is 9.18 Å². The molecule has 0 aromatic heterocycles. The van der Waals surface area contributed by atoms with Crippen LogP contribution in [-0.4, -0.2) is 30.8 Å². The van der Waals surface area contributed by atoms with Crippen molar-refractivity contribution in [2.45, 2.75) is 45.8 Å². The Labute approximate surface area is 147 Å². The number of carbonyl (C=O) groups excluding carboxylic acids is 1. The Kier molecular flexibility index (Phi) is 5.42. The summed E-state index contributed by atoms with van der Waals surface area (Å²) >= 11 is 6.10. The normalized spacial score (nSPS) is 19.5. The van der Waals surface area contributed by atoms with Crippen LogP contribution in [-0.2, 0) is 14.1 Å². The molecule has 0 saturated carbocycles. The molecule has 1 N–H and O–H groups in total. The van der Waals surface area contributed by atoms with Crippen LogP contribution in [0.2, 0.25) is 5.02 Å². The summed E-state index contributed by atoms with van der Waals surface area (Å²) < 4.78 is 25.3. The number of carbonyl (C=O) groups is 1. The van der Waals surface area contributed by atoms with Crippen LogP contribution in [0, 0.1) is 5.82 Å². The van der Waals surface area contributed by atoms with E-state index in [-0.39, 0.29) is 17.5 Å². The summed E-state index contributed by atoms with van der Waals surface area (Å²) in [6.45, 7) is 9.50. The van der Waals surface area contributed by atoms with Crippen LogP contribution in [0.15, 0.2) is 23.7 Å².